The van der Waals surface area contributed by atoms with E-state index in [4.69, 9.17) is 9.47 Å². The van der Waals surface area contributed by atoms with Crippen molar-refractivity contribution in [3.63, 3.8) is 0 Å². The third-order valence-electron chi connectivity index (χ3n) is 7.58. The van der Waals surface area contributed by atoms with Gasteiger partial charge in [0, 0.05) is 37.6 Å². The van der Waals surface area contributed by atoms with Crippen molar-refractivity contribution in [2.75, 3.05) is 39.4 Å². The molecule has 1 N–H and O–H groups in total. The summed E-state index contributed by atoms with van der Waals surface area (Å²) in [5, 5.41) is 0. The van der Waals surface area contributed by atoms with Crippen LogP contribution < -0.4 is 11.1 Å². The molecule has 0 spiro atoms. The number of aromatic amines is 1. The van der Waals surface area contributed by atoms with E-state index >= 15 is 0 Å². The molecule has 14 heteroatoms. The van der Waals surface area contributed by atoms with Crippen LogP contribution in [0.4, 0.5) is 17.6 Å². The predicted molar refractivity (Wildman–Crippen MR) is 179 cm³/mol. The quantitative estimate of drug-likeness (QED) is 0.215. The molecule has 4 rings (SSSR count). The lowest BCUT2D eigenvalue weighted by Crippen LogP contribution is -2.55. The molecule has 2 aliphatic heterocycles. The first-order valence-corrected chi connectivity index (χ1v) is 16.8. The van der Waals surface area contributed by atoms with E-state index in [2.05, 4.69) is 18.8 Å². The van der Waals surface area contributed by atoms with Gasteiger partial charge in [0.2, 0.25) is 5.56 Å². The number of alkyl halides is 4. The average molecular weight is 701 g/mol. The summed E-state index contributed by atoms with van der Waals surface area (Å²) in [7, 11) is 0. The Morgan fingerprint density at radius 1 is 0.755 bits per heavy atom. The zero-order valence-corrected chi connectivity index (χ0v) is 29.6. The van der Waals surface area contributed by atoms with Crippen LogP contribution in [-0.2, 0) is 32.2 Å². The molecular formula is C35H52F4N4O6. The molecule has 49 heavy (non-hydrogen) atoms. The number of pyridine rings is 2. The van der Waals surface area contributed by atoms with Crippen LogP contribution in [0.5, 0.6) is 0 Å². The van der Waals surface area contributed by atoms with Crippen molar-refractivity contribution in [1.29, 1.82) is 0 Å². The number of halogens is 4. The van der Waals surface area contributed by atoms with E-state index in [-0.39, 0.29) is 61.7 Å². The van der Waals surface area contributed by atoms with Gasteiger partial charge in [0.1, 0.15) is 6.04 Å². The van der Waals surface area contributed by atoms with Crippen LogP contribution in [-0.4, -0.2) is 82.5 Å². The minimum atomic E-state index is -2.63. The summed E-state index contributed by atoms with van der Waals surface area (Å²) in [5.74, 6) is -4.85. The van der Waals surface area contributed by atoms with Crippen molar-refractivity contribution >= 4 is 11.9 Å². The SMILES string of the molecule is CCOC(=O)C(C)CC(C)C.CCOC(=O)C(CC(C)C)n1cc(CN2CC(F)(F)C2)ccc1=O.O=c1ccc(CN2CC(F)(F)C2)c[nH]1. The number of ether oxygens (including phenoxy) is 2. The highest BCUT2D eigenvalue weighted by Gasteiger charge is 2.44. The molecule has 0 bridgehead atoms. The Balaban J connectivity index is 0.000000282. The lowest BCUT2D eigenvalue weighted by molar-refractivity contribution is -0.148. The molecule has 0 radical (unpaired) electrons. The second-order valence-electron chi connectivity index (χ2n) is 13.5. The van der Waals surface area contributed by atoms with E-state index < -0.39 is 23.9 Å². The lowest BCUT2D eigenvalue weighted by Gasteiger charge is -2.38. The minimum absolute atomic E-state index is 0.0509. The first-order valence-electron chi connectivity index (χ1n) is 16.8. The number of hydrogen-bond donors (Lipinski definition) is 1. The van der Waals surface area contributed by atoms with Crippen molar-refractivity contribution in [2.24, 2.45) is 17.8 Å². The second-order valence-corrected chi connectivity index (χ2v) is 13.5. The molecule has 276 valence electrons. The number of rotatable bonds is 13. The number of carbonyl (C=O) groups is 2. The summed E-state index contributed by atoms with van der Waals surface area (Å²) < 4.78 is 62.1. The van der Waals surface area contributed by atoms with Gasteiger partial charge < -0.3 is 19.0 Å². The molecule has 4 heterocycles. The van der Waals surface area contributed by atoms with Crippen LogP contribution >= 0.6 is 0 Å². The fraction of sp³-hybridized carbons (Fsp3) is 0.657. The number of nitrogens with one attached hydrogen (secondary N) is 1. The Labute approximate surface area is 285 Å². The zero-order valence-electron chi connectivity index (χ0n) is 29.6. The number of H-pyrrole nitrogens is 1. The summed E-state index contributed by atoms with van der Waals surface area (Å²) in [5.41, 5.74) is 1.09. The van der Waals surface area contributed by atoms with Crippen molar-refractivity contribution in [2.45, 2.75) is 92.3 Å². The van der Waals surface area contributed by atoms with Crippen LogP contribution in [0.1, 0.15) is 78.5 Å². The maximum absolute atomic E-state index is 12.9. The summed E-state index contributed by atoms with van der Waals surface area (Å²) in [4.78, 5) is 51.9. The van der Waals surface area contributed by atoms with Crippen molar-refractivity contribution in [1.82, 2.24) is 19.4 Å². The number of hydrogen-bond acceptors (Lipinski definition) is 8. The van der Waals surface area contributed by atoms with E-state index in [1.54, 1.807) is 41.2 Å². The monoisotopic (exact) mass is 700 g/mol. The van der Waals surface area contributed by atoms with Gasteiger partial charge in [0.05, 0.1) is 45.3 Å². The van der Waals surface area contributed by atoms with Crippen molar-refractivity contribution in [3.8, 4) is 0 Å². The van der Waals surface area contributed by atoms with Gasteiger partial charge in [-0.2, -0.15) is 0 Å². The lowest BCUT2D eigenvalue weighted by atomic mass is 9.99. The molecule has 0 amide bonds. The third-order valence-corrected chi connectivity index (χ3v) is 7.58. The topological polar surface area (TPSA) is 114 Å². The highest BCUT2D eigenvalue weighted by Crippen LogP contribution is 2.29. The molecule has 10 nitrogen and oxygen atoms in total. The second kappa shape index (κ2) is 19.0. The van der Waals surface area contributed by atoms with Crippen LogP contribution in [0.15, 0.2) is 46.2 Å². The molecule has 2 unspecified atom stereocenters. The highest BCUT2D eigenvalue weighted by molar-refractivity contribution is 5.74. The largest absolute Gasteiger partial charge is 0.466 e. The summed E-state index contributed by atoms with van der Waals surface area (Å²) in [6.45, 7) is 14.2. The zero-order chi connectivity index (χ0) is 36.9. The average Bonchev–Trinajstić information content (AvgIpc) is 2.97. The van der Waals surface area contributed by atoms with E-state index in [1.807, 2.05) is 27.7 Å². The normalized spacial score (nSPS) is 17.7. The smallest absolute Gasteiger partial charge is 0.329 e. The maximum atomic E-state index is 12.9. The van der Waals surface area contributed by atoms with E-state index in [0.29, 0.717) is 32.0 Å². The van der Waals surface area contributed by atoms with Gasteiger partial charge in [-0.05, 0) is 49.7 Å². The standard InChI is InChI=1S/C17H24F2N2O3.C9H10F2N2O.C9H18O2/c1-4-24-16(23)14(7-12(2)3)21-9-13(5-6-15(21)22)8-20-10-17(18,19)11-20;10-9(11)5-13(6-9)4-7-1-2-8(14)12-3-7;1-5-11-9(10)8(4)6-7(2)3/h5-6,9,12,14H,4,7-8,10-11H2,1-3H3;1-3H,4-6H2,(H,12,14);7-8H,5-6H2,1-4H3. The molecule has 2 fully saturated rings. The summed E-state index contributed by atoms with van der Waals surface area (Å²) in [6.07, 6.45) is 4.53. The molecule has 2 aromatic rings. The van der Waals surface area contributed by atoms with E-state index in [1.165, 1.54) is 16.7 Å². The molecular weight excluding hydrogens is 648 g/mol. The Bertz CT molecular complexity index is 1430. The number of aromatic nitrogens is 2. The fourth-order valence-corrected chi connectivity index (χ4v) is 5.48. The van der Waals surface area contributed by atoms with Gasteiger partial charge >= 0.3 is 11.9 Å². The molecule has 2 aromatic heterocycles. The van der Waals surface area contributed by atoms with Gasteiger partial charge in [0.25, 0.3) is 17.4 Å². The number of likely N-dealkylation sites (tertiary alicyclic amines) is 2. The van der Waals surface area contributed by atoms with Crippen LogP contribution in [0.25, 0.3) is 0 Å². The predicted octanol–water partition coefficient (Wildman–Crippen LogP) is 5.51. The van der Waals surface area contributed by atoms with E-state index in [0.717, 1.165) is 17.5 Å². The Hall–Kier alpha value is -3.52. The number of esters is 2. The van der Waals surface area contributed by atoms with Gasteiger partial charge in [-0.15, -0.1) is 0 Å². The minimum Gasteiger partial charge on any atom is -0.466 e. The van der Waals surface area contributed by atoms with Crippen molar-refractivity contribution < 1.29 is 36.6 Å². The van der Waals surface area contributed by atoms with Gasteiger partial charge in [-0.3, -0.25) is 24.2 Å². The molecule has 0 saturated carbocycles. The number of nitrogens with zero attached hydrogens (tertiary/aromatic N) is 3. The van der Waals surface area contributed by atoms with E-state index in [9.17, 15) is 36.7 Å². The maximum Gasteiger partial charge on any atom is 0.329 e. The molecule has 2 atom stereocenters. The molecule has 0 aromatic carbocycles. The van der Waals surface area contributed by atoms with Crippen molar-refractivity contribution in [3.05, 3.63) is 68.5 Å². The van der Waals surface area contributed by atoms with Gasteiger partial charge in [0.15, 0.2) is 0 Å². The van der Waals surface area contributed by atoms with Gasteiger partial charge in [-0.25, -0.2) is 22.4 Å². The van der Waals surface area contributed by atoms with Crippen LogP contribution in [0.3, 0.4) is 0 Å². The van der Waals surface area contributed by atoms with Crippen LogP contribution in [0.2, 0.25) is 0 Å². The Morgan fingerprint density at radius 3 is 1.69 bits per heavy atom. The third kappa shape index (κ3) is 14.9. The molecule has 2 aliphatic rings. The first kappa shape index (κ1) is 41.7. The number of carbonyl (C=O) groups excluding carboxylic acids is 2. The molecule has 0 aliphatic carbocycles. The highest BCUT2D eigenvalue weighted by atomic mass is 19.3. The van der Waals surface area contributed by atoms with Gasteiger partial charge in [-0.1, -0.05) is 46.8 Å². The Kier molecular flexibility index (Phi) is 16.2. The summed E-state index contributed by atoms with van der Waals surface area (Å²) in [6, 6.07) is 5.34. The van der Waals surface area contributed by atoms with Crippen LogP contribution in [0, 0.1) is 17.8 Å². The molecule has 2 saturated heterocycles. The fourth-order valence-electron chi connectivity index (χ4n) is 5.48. The Morgan fingerprint density at radius 2 is 1.24 bits per heavy atom. The first-order chi connectivity index (χ1) is 22.8. The summed E-state index contributed by atoms with van der Waals surface area (Å²) >= 11 is 0.